The molecule has 3 rings (SSSR count). The van der Waals surface area contributed by atoms with Crippen LogP contribution < -0.4 is 4.74 Å². The molecular weight excluding hydrogens is 410 g/mol. The van der Waals surface area contributed by atoms with E-state index in [2.05, 4.69) is 57.2 Å². The zero-order valence-corrected chi connectivity index (χ0v) is 21.3. The maximum Gasteiger partial charge on any atom is 0.219 e. The molecule has 1 fully saturated rings. The largest absolute Gasteiger partial charge is 0.491 e. The van der Waals surface area contributed by atoms with E-state index in [1.165, 1.54) is 11.1 Å². The van der Waals surface area contributed by atoms with Crippen molar-refractivity contribution in [2.45, 2.75) is 85.0 Å². The van der Waals surface area contributed by atoms with E-state index in [1.807, 2.05) is 30.9 Å². The third-order valence-corrected chi connectivity index (χ3v) is 6.89. The Morgan fingerprint density at radius 2 is 1.76 bits per heavy atom. The molecule has 1 aliphatic rings. The number of hydrogen-bond donors (Lipinski definition) is 0. The van der Waals surface area contributed by atoms with Gasteiger partial charge in [-0.3, -0.25) is 4.79 Å². The maximum atomic E-state index is 12.6. The number of rotatable bonds is 9. The molecule has 180 valence electrons. The third kappa shape index (κ3) is 6.83. The minimum atomic E-state index is 0.0313. The highest BCUT2D eigenvalue weighted by atomic mass is 16.5. The molecule has 1 saturated heterocycles. The van der Waals surface area contributed by atoms with Crippen LogP contribution in [-0.4, -0.2) is 36.2 Å². The standard InChI is InChI=1S/C29H41NO3/c1-21(2)28-19-29(16-18-32-28,26-11-7-23(5)8-12-26)15-17-30(24(6)31)20-25-9-13-27(14-10-25)33-22(3)4/h7-14,21-22,28H,15-20H2,1-6H3/t28-,29+/m0/s1. The number of carbonyl (C=O) groups excluding carboxylic acids is 1. The number of hydrogen-bond acceptors (Lipinski definition) is 3. The van der Waals surface area contributed by atoms with Crippen LogP contribution in [0.2, 0.25) is 0 Å². The molecule has 1 aliphatic heterocycles. The first-order valence-corrected chi connectivity index (χ1v) is 12.4. The van der Waals surface area contributed by atoms with Crippen LogP contribution in [0.5, 0.6) is 5.75 Å². The Balaban J connectivity index is 1.77. The highest BCUT2D eigenvalue weighted by molar-refractivity contribution is 5.73. The number of amides is 1. The van der Waals surface area contributed by atoms with Gasteiger partial charge in [-0.05, 0) is 69.2 Å². The monoisotopic (exact) mass is 451 g/mol. The van der Waals surface area contributed by atoms with Gasteiger partial charge in [-0.2, -0.15) is 0 Å². The molecule has 2 aromatic carbocycles. The Morgan fingerprint density at radius 1 is 1.09 bits per heavy atom. The van der Waals surface area contributed by atoms with Gasteiger partial charge in [0.1, 0.15) is 5.75 Å². The molecule has 0 aromatic heterocycles. The normalized spacial score (nSPS) is 20.8. The van der Waals surface area contributed by atoms with Gasteiger partial charge in [-0.15, -0.1) is 0 Å². The van der Waals surface area contributed by atoms with Gasteiger partial charge < -0.3 is 14.4 Å². The van der Waals surface area contributed by atoms with Gasteiger partial charge in [-0.1, -0.05) is 55.8 Å². The summed E-state index contributed by atoms with van der Waals surface area (Å²) in [5.41, 5.74) is 3.80. The van der Waals surface area contributed by atoms with Crippen LogP contribution in [0.25, 0.3) is 0 Å². The van der Waals surface area contributed by atoms with Gasteiger partial charge in [0.05, 0.1) is 12.2 Å². The zero-order chi connectivity index (χ0) is 24.0. The molecule has 0 bridgehead atoms. The second kappa shape index (κ2) is 11.2. The summed E-state index contributed by atoms with van der Waals surface area (Å²) in [6.07, 6.45) is 3.33. The average Bonchev–Trinajstić information content (AvgIpc) is 2.77. The van der Waals surface area contributed by atoms with Gasteiger partial charge in [0.25, 0.3) is 0 Å². The minimum Gasteiger partial charge on any atom is -0.491 e. The van der Waals surface area contributed by atoms with Crippen molar-refractivity contribution in [3.8, 4) is 5.75 Å². The van der Waals surface area contributed by atoms with Crippen molar-refractivity contribution < 1.29 is 14.3 Å². The molecule has 2 atom stereocenters. The highest BCUT2D eigenvalue weighted by Gasteiger charge is 2.39. The smallest absolute Gasteiger partial charge is 0.219 e. The Kier molecular flexibility index (Phi) is 8.58. The van der Waals surface area contributed by atoms with Crippen molar-refractivity contribution in [3.05, 3.63) is 65.2 Å². The summed E-state index contributed by atoms with van der Waals surface area (Å²) < 4.78 is 11.9. The third-order valence-electron chi connectivity index (χ3n) is 6.89. The molecular formula is C29H41NO3. The van der Waals surface area contributed by atoms with E-state index in [1.54, 1.807) is 6.92 Å². The lowest BCUT2D eigenvalue weighted by Crippen LogP contribution is -2.43. The number of ether oxygens (including phenoxy) is 2. The Hall–Kier alpha value is -2.33. The van der Waals surface area contributed by atoms with Crippen LogP contribution >= 0.6 is 0 Å². The zero-order valence-electron chi connectivity index (χ0n) is 21.3. The predicted octanol–water partition coefficient (Wildman–Crippen LogP) is 6.29. The van der Waals surface area contributed by atoms with E-state index in [0.717, 1.165) is 43.7 Å². The van der Waals surface area contributed by atoms with Crippen molar-refractivity contribution in [1.29, 1.82) is 0 Å². The lowest BCUT2D eigenvalue weighted by molar-refractivity contribution is -0.130. The number of carbonyl (C=O) groups is 1. The molecule has 0 saturated carbocycles. The molecule has 4 nitrogen and oxygen atoms in total. The fraction of sp³-hybridized carbons (Fsp3) is 0.552. The molecule has 2 aromatic rings. The van der Waals surface area contributed by atoms with Crippen LogP contribution in [-0.2, 0) is 21.5 Å². The molecule has 0 unspecified atom stereocenters. The Morgan fingerprint density at radius 3 is 2.33 bits per heavy atom. The fourth-order valence-electron chi connectivity index (χ4n) is 4.78. The summed E-state index contributed by atoms with van der Waals surface area (Å²) in [5.74, 6) is 1.46. The van der Waals surface area contributed by atoms with E-state index in [-0.39, 0.29) is 23.5 Å². The lowest BCUT2D eigenvalue weighted by Gasteiger charge is -2.44. The van der Waals surface area contributed by atoms with Gasteiger partial charge in [0.2, 0.25) is 5.91 Å². The fourth-order valence-corrected chi connectivity index (χ4v) is 4.78. The summed E-state index contributed by atoms with van der Waals surface area (Å²) in [4.78, 5) is 14.5. The molecule has 0 N–H and O–H groups in total. The van der Waals surface area contributed by atoms with E-state index < -0.39 is 0 Å². The van der Waals surface area contributed by atoms with Crippen molar-refractivity contribution >= 4 is 5.91 Å². The van der Waals surface area contributed by atoms with E-state index >= 15 is 0 Å². The minimum absolute atomic E-state index is 0.0313. The second-order valence-corrected chi connectivity index (χ2v) is 10.3. The van der Waals surface area contributed by atoms with Gasteiger partial charge in [-0.25, -0.2) is 0 Å². The van der Waals surface area contributed by atoms with E-state index in [4.69, 9.17) is 9.47 Å². The van der Waals surface area contributed by atoms with Crippen LogP contribution in [0.3, 0.4) is 0 Å². The number of benzene rings is 2. The number of nitrogens with zero attached hydrogens (tertiary/aromatic N) is 1. The lowest BCUT2D eigenvalue weighted by atomic mass is 9.68. The quantitative estimate of drug-likeness (QED) is 0.449. The van der Waals surface area contributed by atoms with Crippen molar-refractivity contribution in [3.63, 3.8) is 0 Å². The topological polar surface area (TPSA) is 38.8 Å². The van der Waals surface area contributed by atoms with Gasteiger partial charge in [0.15, 0.2) is 0 Å². The maximum absolute atomic E-state index is 12.6. The van der Waals surface area contributed by atoms with Crippen molar-refractivity contribution in [1.82, 2.24) is 4.90 Å². The summed E-state index contributed by atoms with van der Waals surface area (Å²) in [7, 11) is 0. The van der Waals surface area contributed by atoms with Crippen molar-refractivity contribution in [2.24, 2.45) is 5.92 Å². The molecule has 4 heteroatoms. The van der Waals surface area contributed by atoms with E-state index in [0.29, 0.717) is 12.5 Å². The van der Waals surface area contributed by atoms with Gasteiger partial charge in [0, 0.05) is 32.0 Å². The SMILES string of the molecule is CC(=O)N(CC[C@@]1(c2ccc(C)cc2)CCO[C@H](C(C)C)C1)Cc1ccc(OC(C)C)cc1. The summed E-state index contributed by atoms with van der Waals surface area (Å²) in [6, 6.07) is 17.1. The second-order valence-electron chi connectivity index (χ2n) is 10.3. The van der Waals surface area contributed by atoms with Crippen LogP contribution in [0.15, 0.2) is 48.5 Å². The van der Waals surface area contributed by atoms with Crippen LogP contribution in [0.1, 0.15) is 70.6 Å². The molecule has 1 heterocycles. The molecule has 1 amide bonds. The first kappa shape index (κ1) is 25.3. The van der Waals surface area contributed by atoms with E-state index in [9.17, 15) is 4.79 Å². The highest BCUT2D eigenvalue weighted by Crippen LogP contribution is 2.42. The molecule has 33 heavy (non-hydrogen) atoms. The number of aryl methyl sites for hydroxylation is 1. The van der Waals surface area contributed by atoms with Crippen LogP contribution in [0.4, 0.5) is 0 Å². The Bertz CT molecular complexity index is 888. The first-order chi connectivity index (χ1) is 15.7. The Labute approximate surface area is 200 Å². The van der Waals surface area contributed by atoms with Gasteiger partial charge >= 0.3 is 0 Å². The molecule has 0 aliphatic carbocycles. The average molecular weight is 452 g/mol. The summed E-state index contributed by atoms with van der Waals surface area (Å²) in [5, 5.41) is 0. The molecule has 0 spiro atoms. The van der Waals surface area contributed by atoms with Crippen LogP contribution in [0, 0.1) is 12.8 Å². The van der Waals surface area contributed by atoms with Crippen molar-refractivity contribution in [2.75, 3.05) is 13.2 Å². The summed E-state index contributed by atoms with van der Waals surface area (Å²) in [6.45, 7) is 14.5. The molecule has 0 radical (unpaired) electrons. The predicted molar refractivity (Wildman–Crippen MR) is 135 cm³/mol. The summed E-state index contributed by atoms with van der Waals surface area (Å²) >= 11 is 0. The first-order valence-electron chi connectivity index (χ1n) is 12.4.